The zero-order valence-corrected chi connectivity index (χ0v) is 33.4. The standard InChI is InChI=1S/C30H37N15O15P2/c31-23-20-24(35-7-34-23)43(8-36-20)17-1-11(47)15(57-17)5-54-61(50,51)60-13-3-19(45-10-38-22-26(45)40-30(33)42-28(22)49)58-16(13)6-55-62(52,53)59-12-2-18(56-14(12)4-46)44-9-37-21-25(44)39-29(32)41-27(21)48/h7-19,46-47H,1-6H2,(H,50,51)(H,52,53)(H2,31,34,35)(H3,32,39,41,48)(H3,33,40,42,49)/t11-,12-,13-,14+,15+,16+,17+,18+,19+/m0/s1. The van der Waals surface area contributed by atoms with E-state index < -0.39 is 102 Å². The van der Waals surface area contributed by atoms with Crippen molar-refractivity contribution in [1.82, 2.24) is 58.6 Å². The molecule has 0 aliphatic carbocycles. The van der Waals surface area contributed by atoms with Gasteiger partial charge < -0.3 is 51.4 Å². The van der Waals surface area contributed by atoms with E-state index >= 15 is 0 Å². The van der Waals surface area contributed by atoms with Crippen molar-refractivity contribution in [2.75, 3.05) is 37.0 Å². The molecule has 9 heterocycles. The van der Waals surface area contributed by atoms with Crippen molar-refractivity contribution in [2.24, 2.45) is 0 Å². The normalized spacial score (nSPS) is 28.6. The number of hydrogen-bond acceptors (Lipinski definition) is 23. The highest BCUT2D eigenvalue weighted by atomic mass is 31.2. The van der Waals surface area contributed by atoms with E-state index in [1.165, 1.54) is 39.0 Å². The number of rotatable bonds is 14. The molecule has 2 unspecified atom stereocenters. The summed E-state index contributed by atoms with van der Waals surface area (Å²) >= 11 is 0. The van der Waals surface area contributed by atoms with Gasteiger partial charge in [0.05, 0.1) is 44.9 Å². The summed E-state index contributed by atoms with van der Waals surface area (Å²) in [5, 5.41) is 20.8. The van der Waals surface area contributed by atoms with Gasteiger partial charge in [-0.05, 0) is 0 Å². The number of nitrogens with one attached hydrogen (secondary N) is 2. The van der Waals surface area contributed by atoms with Crippen LogP contribution in [0.1, 0.15) is 37.9 Å². The fraction of sp³-hybridized carbons (Fsp3) is 0.500. The number of aromatic nitrogens is 12. The van der Waals surface area contributed by atoms with Crippen molar-refractivity contribution in [3.05, 3.63) is 46.0 Å². The third-order valence-corrected chi connectivity index (χ3v) is 12.3. The topological polar surface area (TPSA) is 428 Å². The highest BCUT2D eigenvalue weighted by Gasteiger charge is 2.46. The van der Waals surface area contributed by atoms with Gasteiger partial charge in [-0.15, -0.1) is 0 Å². The zero-order chi connectivity index (χ0) is 43.7. The van der Waals surface area contributed by atoms with Crippen LogP contribution in [0.4, 0.5) is 17.7 Å². The molecule has 0 amide bonds. The molecular formula is C30H37N15O15P2. The molecule has 3 saturated heterocycles. The minimum absolute atomic E-state index is 0.0168. The van der Waals surface area contributed by atoms with Gasteiger partial charge in [-0.3, -0.25) is 51.4 Å². The highest BCUT2D eigenvalue weighted by Crippen LogP contribution is 2.52. The summed E-state index contributed by atoms with van der Waals surface area (Å²) in [5.41, 5.74) is 16.6. The van der Waals surface area contributed by atoms with E-state index in [4.69, 9.17) is 49.5 Å². The Hall–Kier alpha value is -5.33. The minimum atomic E-state index is -5.06. The van der Waals surface area contributed by atoms with Crippen LogP contribution in [0.5, 0.6) is 0 Å². The van der Waals surface area contributed by atoms with Gasteiger partial charge in [-0.2, -0.15) is 9.97 Å². The van der Waals surface area contributed by atoms with Crippen LogP contribution in [-0.2, 0) is 41.4 Å². The number of hydrogen-bond donors (Lipinski definition) is 9. The molecule has 3 aliphatic rings. The molecule has 3 fully saturated rings. The SMILES string of the molecule is Nc1nc2c(ncn2[C@H]2C[C@H](OP(=O)(O)OC[C@H]3O[C@@H](n4cnc5c(=O)[nH]c(N)nc54)C[C@@H]3OP(=O)(O)OC[C@H]3O[C@@H](n4cnc5c(N)ncnc54)C[C@@H]3O)[C@@H](CO)O2)c(=O)[nH]1. The molecule has 0 radical (unpaired) electrons. The Balaban J connectivity index is 0.888. The molecule has 0 aromatic carbocycles. The summed E-state index contributed by atoms with van der Waals surface area (Å²) in [5.74, 6) is -0.305. The third-order valence-electron chi connectivity index (χ3n) is 10.3. The first-order chi connectivity index (χ1) is 29.6. The molecule has 32 heteroatoms. The Morgan fingerprint density at radius 2 is 1.15 bits per heavy atom. The van der Waals surface area contributed by atoms with Crippen LogP contribution in [0.2, 0.25) is 0 Å². The molecule has 11 atom stereocenters. The van der Waals surface area contributed by atoms with Crippen molar-refractivity contribution in [2.45, 2.75) is 74.6 Å². The van der Waals surface area contributed by atoms with Gasteiger partial charge in [0, 0.05) is 19.3 Å². The number of nitrogen functional groups attached to an aromatic ring is 3. The fourth-order valence-corrected chi connectivity index (χ4v) is 9.36. The number of imidazole rings is 3. The molecule has 3 aliphatic heterocycles. The van der Waals surface area contributed by atoms with E-state index in [1.54, 1.807) is 0 Å². The van der Waals surface area contributed by atoms with Crippen LogP contribution in [0.15, 0.2) is 34.9 Å². The van der Waals surface area contributed by atoms with E-state index in [0.29, 0.717) is 11.2 Å². The summed E-state index contributed by atoms with van der Waals surface area (Å²) < 4.78 is 70.5. The van der Waals surface area contributed by atoms with Gasteiger partial charge in [0.15, 0.2) is 33.8 Å². The Kier molecular flexibility index (Phi) is 10.9. The lowest BCUT2D eigenvalue weighted by Gasteiger charge is -2.24. The second-order valence-electron chi connectivity index (χ2n) is 14.3. The molecule has 0 bridgehead atoms. The van der Waals surface area contributed by atoms with Crippen molar-refractivity contribution in [1.29, 1.82) is 0 Å². The van der Waals surface area contributed by atoms with Crippen LogP contribution in [-0.4, -0.2) is 135 Å². The molecular weight excluding hydrogens is 872 g/mol. The van der Waals surface area contributed by atoms with E-state index in [2.05, 4.69) is 44.9 Å². The second-order valence-corrected chi connectivity index (χ2v) is 17.1. The molecule has 332 valence electrons. The first-order valence-electron chi connectivity index (χ1n) is 18.5. The highest BCUT2D eigenvalue weighted by molar-refractivity contribution is 7.47. The quantitative estimate of drug-likeness (QED) is 0.0537. The monoisotopic (exact) mass is 909 g/mol. The lowest BCUT2D eigenvalue weighted by atomic mass is 10.2. The van der Waals surface area contributed by atoms with E-state index in [1.807, 2.05) is 0 Å². The number of phosphoric ester groups is 2. The number of aliphatic hydroxyl groups is 2. The second kappa shape index (κ2) is 16.1. The maximum atomic E-state index is 13.5. The summed E-state index contributed by atoms with van der Waals surface area (Å²) in [6, 6.07) is 0. The minimum Gasteiger partial charge on any atom is -0.394 e. The first-order valence-corrected chi connectivity index (χ1v) is 21.5. The molecule has 9 rings (SSSR count). The van der Waals surface area contributed by atoms with Crippen LogP contribution in [0.25, 0.3) is 33.5 Å². The van der Waals surface area contributed by atoms with Crippen LogP contribution < -0.4 is 28.3 Å². The van der Waals surface area contributed by atoms with Crippen LogP contribution in [0.3, 0.4) is 0 Å². The predicted octanol–water partition coefficient (Wildman–Crippen LogP) is -1.94. The maximum Gasteiger partial charge on any atom is 0.472 e. The molecule has 0 spiro atoms. The summed E-state index contributed by atoms with van der Waals surface area (Å²) in [6.45, 7) is -2.08. The average Bonchev–Trinajstić information content (AvgIpc) is 4.06. The van der Waals surface area contributed by atoms with E-state index in [-0.39, 0.29) is 59.3 Å². The maximum absolute atomic E-state index is 13.5. The number of aliphatic hydroxyl groups excluding tert-OH is 2. The number of anilines is 3. The number of aromatic amines is 2. The van der Waals surface area contributed by atoms with Gasteiger partial charge >= 0.3 is 15.6 Å². The van der Waals surface area contributed by atoms with Crippen molar-refractivity contribution in [3.63, 3.8) is 0 Å². The van der Waals surface area contributed by atoms with Gasteiger partial charge in [-0.1, -0.05) is 0 Å². The lowest BCUT2D eigenvalue weighted by Crippen LogP contribution is -2.31. The summed E-state index contributed by atoms with van der Waals surface area (Å²) in [4.78, 5) is 79.8. The number of nitrogens with zero attached hydrogens (tertiary/aromatic N) is 10. The molecule has 30 nitrogen and oxygen atoms in total. The van der Waals surface area contributed by atoms with E-state index in [0.717, 1.165) is 0 Å². The van der Waals surface area contributed by atoms with Crippen molar-refractivity contribution in [3.8, 4) is 0 Å². The number of nitrogens with two attached hydrogens (primary N) is 3. The Morgan fingerprint density at radius 3 is 1.71 bits per heavy atom. The van der Waals surface area contributed by atoms with Crippen LogP contribution >= 0.6 is 15.6 Å². The van der Waals surface area contributed by atoms with Gasteiger partial charge in [0.1, 0.15) is 61.0 Å². The van der Waals surface area contributed by atoms with Gasteiger partial charge in [-0.25, -0.2) is 34.0 Å². The van der Waals surface area contributed by atoms with Crippen molar-refractivity contribution >= 4 is 66.9 Å². The molecule has 62 heavy (non-hydrogen) atoms. The smallest absolute Gasteiger partial charge is 0.394 e. The number of phosphoric acid groups is 2. The third kappa shape index (κ3) is 8.07. The Labute approximate surface area is 344 Å². The largest absolute Gasteiger partial charge is 0.472 e. The predicted molar refractivity (Wildman–Crippen MR) is 205 cm³/mol. The summed E-state index contributed by atoms with van der Waals surface area (Å²) in [6.07, 6.45) is -5.72. The fourth-order valence-electron chi connectivity index (χ4n) is 7.44. The first kappa shape index (κ1) is 42.0. The molecule has 6 aromatic heterocycles. The Bertz CT molecular complexity index is 2870. The van der Waals surface area contributed by atoms with Crippen molar-refractivity contribution < 1.29 is 61.4 Å². The molecule has 12 N–H and O–H groups in total. The van der Waals surface area contributed by atoms with Gasteiger partial charge in [0.2, 0.25) is 11.9 Å². The van der Waals surface area contributed by atoms with E-state index in [9.17, 15) is 38.7 Å². The zero-order valence-electron chi connectivity index (χ0n) is 31.6. The molecule has 6 aromatic rings. The lowest BCUT2D eigenvalue weighted by molar-refractivity contribution is -0.0599. The number of fused-ring (bicyclic) bond motifs is 3. The number of ether oxygens (including phenoxy) is 3. The Morgan fingerprint density at radius 1 is 0.677 bits per heavy atom. The average molecular weight is 910 g/mol. The summed E-state index contributed by atoms with van der Waals surface area (Å²) in [7, 11) is -10.1. The van der Waals surface area contributed by atoms with Gasteiger partial charge in [0.25, 0.3) is 11.1 Å². The molecule has 0 saturated carbocycles. The van der Waals surface area contributed by atoms with Crippen LogP contribution in [0, 0.1) is 0 Å². The number of H-pyrrole nitrogens is 2.